The van der Waals surface area contributed by atoms with Crippen molar-refractivity contribution in [3.05, 3.63) is 12.7 Å². The van der Waals surface area contributed by atoms with E-state index < -0.39 is 0 Å². The van der Waals surface area contributed by atoms with Crippen LogP contribution >= 0.6 is 0 Å². The molecule has 0 aromatic carbocycles. The molecule has 76 valence electrons. The molecule has 1 saturated carbocycles. The maximum Gasteiger partial charge on any atom is -0.00462 e. The Morgan fingerprint density at radius 2 is 1.92 bits per heavy atom. The summed E-state index contributed by atoms with van der Waals surface area (Å²) in [7, 11) is 0. The molecule has 0 bridgehead atoms. The second kappa shape index (κ2) is 6.20. The van der Waals surface area contributed by atoms with Crippen molar-refractivity contribution in [1.29, 1.82) is 0 Å². The van der Waals surface area contributed by atoms with Gasteiger partial charge in [-0.15, -0.1) is 6.58 Å². The second-order valence-electron chi connectivity index (χ2n) is 4.26. The van der Waals surface area contributed by atoms with Crippen LogP contribution in [0.25, 0.3) is 0 Å². The molecule has 0 heterocycles. The highest BCUT2D eigenvalue weighted by Gasteiger charge is 2.22. The van der Waals surface area contributed by atoms with Crippen molar-refractivity contribution in [3.63, 3.8) is 0 Å². The first-order valence-corrected chi connectivity index (χ1v) is 5.69. The molecular formula is C12H23N. The molecule has 0 aliphatic heterocycles. The normalized spacial score (nSPS) is 28.7. The van der Waals surface area contributed by atoms with Crippen LogP contribution in [0.1, 0.15) is 44.9 Å². The van der Waals surface area contributed by atoms with E-state index in [1.807, 2.05) is 6.08 Å². The fourth-order valence-electron chi connectivity index (χ4n) is 2.50. The summed E-state index contributed by atoms with van der Waals surface area (Å²) in [4.78, 5) is 0. The third kappa shape index (κ3) is 3.51. The molecule has 1 fully saturated rings. The van der Waals surface area contributed by atoms with Gasteiger partial charge in [0.15, 0.2) is 0 Å². The van der Waals surface area contributed by atoms with Gasteiger partial charge in [-0.3, -0.25) is 0 Å². The molecule has 0 saturated heterocycles. The Bertz CT molecular complexity index is 142. The van der Waals surface area contributed by atoms with Gasteiger partial charge in [0.2, 0.25) is 0 Å². The van der Waals surface area contributed by atoms with E-state index in [0.29, 0.717) is 0 Å². The van der Waals surface area contributed by atoms with Gasteiger partial charge < -0.3 is 5.73 Å². The SMILES string of the molecule is C=CCCCC1CCCCC1CN. The Balaban J connectivity index is 2.23. The van der Waals surface area contributed by atoms with Crippen LogP contribution in [-0.4, -0.2) is 6.54 Å². The molecule has 2 atom stereocenters. The van der Waals surface area contributed by atoms with Crippen molar-refractivity contribution in [2.75, 3.05) is 6.54 Å². The van der Waals surface area contributed by atoms with Gasteiger partial charge in [0.05, 0.1) is 0 Å². The monoisotopic (exact) mass is 181 g/mol. The van der Waals surface area contributed by atoms with Gasteiger partial charge in [-0.25, -0.2) is 0 Å². The zero-order valence-corrected chi connectivity index (χ0v) is 8.67. The minimum Gasteiger partial charge on any atom is -0.330 e. The first-order chi connectivity index (χ1) is 6.38. The zero-order valence-electron chi connectivity index (χ0n) is 8.67. The number of hydrogen-bond donors (Lipinski definition) is 1. The number of rotatable bonds is 5. The third-order valence-corrected chi connectivity index (χ3v) is 3.35. The number of allylic oxidation sites excluding steroid dienone is 1. The average Bonchev–Trinajstić information content (AvgIpc) is 2.19. The standard InChI is InChI=1S/C12H23N/c1-2-3-4-7-11-8-5-6-9-12(11)10-13/h2,11-12H,1,3-10,13H2. The van der Waals surface area contributed by atoms with Crippen molar-refractivity contribution >= 4 is 0 Å². The summed E-state index contributed by atoms with van der Waals surface area (Å²) in [6.45, 7) is 4.66. The molecular weight excluding hydrogens is 158 g/mol. The van der Waals surface area contributed by atoms with Gasteiger partial charge in [0.1, 0.15) is 0 Å². The van der Waals surface area contributed by atoms with Crippen LogP contribution in [0.3, 0.4) is 0 Å². The Kier molecular flexibility index (Phi) is 5.14. The van der Waals surface area contributed by atoms with Crippen LogP contribution in [0.2, 0.25) is 0 Å². The largest absolute Gasteiger partial charge is 0.330 e. The predicted molar refractivity (Wildman–Crippen MR) is 58.6 cm³/mol. The Morgan fingerprint density at radius 1 is 1.23 bits per heavy atom. The molecule has 0 radical (unpaired) electrons. The molecule has 1 heteroatoms. The van der Waals surface area contributed by atoms with Crippen LogP contribution < -0.4 is 5.73 Å². The van der Waals surface area contributed by atoms with Gasteiger partial charge in [0.25, 0.3) is 0 Å². The second-order valence-corrected chi connectivity index (χ2v) is 4.26. The van der Waals surface area contributed by atoms with Crippen LogP contribution in [0.15, 0.2) is 12.7 Å². The highest BCUT2D eigenvalue weighted by Crippen LogP contribution is 2.32. The van der Waals surface area contributed by atoms with E-state index in [1.54, 1.807) is 0 Å². The fourth-order valence-corrected chi connectivity index (χ4v) is 2.50. The molecule has 0 spiro atoms. The van der Waals surface area contributed by atoms with Crippen molar-refractivity contribution in [3.8, 4) is 0 Å². The maximum atomic E-state index is 5.78. The van der Waals surface area contributed by atoms with E-state index in [2.05, 4.69) is 6.58 Å². The van der Waals surface area contributed by atoms with Crippen LogP contribution in [0.4, 0.5) is 0 Å². The van der Waals surface area contributed by atoms with Gasteiger partial charge in [0, 0.05) is 0 Å². The van der Waals surface area contributed by atoms with Crippen molar-refractivity contribution < 1.29 is 0 Å². The molecule has 0 aromatic rings. The van der Waals surface area contributed by atoms with Crippen molar-refractivity contribution in [1.82, 2.24) is 0 Å². The minimum absolute atomic E-state index is 0.818. The summed E-state index contributed by atoms with van der Waals surface area (Å²) in [5, 5.41) is 0. The van der Waals surface area contributed by atoms with Crippen molar-refractivity contribution in [2.45, 2.75) is 44.9 Å². The topological polar surface area (TPSA) is 26.0 Å². The van der Waals surface area contributed by atoms with E-state index in [4.69, 9.17) is 5.73 Å². The first kappa shape index (κ1) is 10.8. The lowest BCUT2D eigenvalue weighted by molar-refractivity contribution is 0.227. The number of hydrogen-bond acceptors (Lipinski definition) is 1. The fraction of sp³-hybridized carbons (Fsp3) is 0.833. The van der Waals surface area contributed by atoms with E-state index in [0.717, 1.165) is 18.4 Å². The summed E-state index contributed by atoms with van der Waals surface area (Å²) >= 11 is 0. The van der Waals surface area contributed by atoms with Gasteiger partial charge in [-0.05, 0) is 44.1 Å². The highest BCUT2D eigenvalue weighted by atomic mass is 14.6. The third-order valence-electron chi connectivity index (χ3n) is 3.35. The Labute approximate surface area is 82.4 Å². The molecule has 2 unspecified atom stereocenters. The number of unbranched alkanes of at least 4 members (excludes halogenated alkanes) is 1. The summed E-state index contributed by atoms with van der Waals surface area (Å²) in [6, 6.07) is 0. The smallest absolute Gasteiger partial charge is 0.00462 e. The molecule has 13 heavy (non-hydrogen) atoms. The summed E-state index contributed by atoms with van der Waals surface area (Å²) in [5.41, 5.74) is 5.78. The van der Waals surface area contributed by atoms with E-state index in [9.17, 15) is 0 Å². The maximum absolute atomic E-state index is 5.78. The van der Waals surface area contributed by atoms with E-state index in [-0.39, 0.29) is 0 Å². The molecule has 1 rings (SSSR count). The molecule has 1 aliphatic carbocycles. The lowest BCUT2D eigenvalue weighted by Gasteiger charge is -2.30. The van der Waals surface area contributed by atoms with E-state index >= 15 is 0 Å². The minimum atomic E-state index is 0.818. The predicted octanol–water partition coefficient (Wildman–Crippen LogP) is 3.11. The summed E-state index contributed by atoms with van der Waals surface area (Å²) in [6.07, 6.45) is 11.5. The summed E-state index contributed by atoms with van der Waals surface area (Å²) < 4.78 is 0. The lowest BCUT2D eigenvalue weighted by atomic mass is 9.77. The van der Waals surface area contributed by atoms with E-state index in [1.165, 1.54) is 44.9 Å². The highest BCUT2D eigenvalue weighted by molar-refractivity contribution is 4.77. The Hall–Kier alpha value is -0.300. The average molecular weight is 181 g/mol. The lowest BCUT2D eigenvalue weighted by Crippen LogP contribution is -2.26. The van der Waals surface area contributed by atoms with Crippen LogP contribution in [0.5, 0.6) is 0 Å². The summed E-state index contributed by atoms with van der Waals surface area (Å²) in [5.74, 6) is 1.73. The van der Waals surface area contributed by atoms with Crippen LogP contribution in [-0.2, 0) is 0 Å². The van der Waals surface area contributed by atoms with Crippen LogP contribution in [0, 0.1) is 11.8 Å². The quantitative estimate of drug-likeness (QED) is 0.512. The molecule has 0 amide bonds. The molecule has 1 nitrogen and oxygen atoms in total. The first-order valence-electron chi connectivity index (χ1n) is 5.69. The van der Waals surface area contributed by atoms with Gasteiger partial charge >= 0.3 is 0 Å². The number of nitrogens with two attached hydrogens (primary N) is 1. The van der Waals surface area contributed by atoms with Gasteiger partial charge in [-0.1, -0.05) is 25.3 Å². The molecule has 1 aliphatic rings. The van der Waals surface area contributed by atoms with Gasteiger partial charge in [-0.2, -0.15) is 0 Å². The zero-order chi connectivity index (χ0) is 9.52. The molecule has 2 N–H and O–H groups in total. The Morgan fingerprint density at radius 3 is 2.54 bits per heavy atom. The molecule has 0 aromatic heterocycles. The van der Waals surface area contributed by atoms with Crippen molar-refractivity contribution in [2.24, 2.45) is 17.6 Å².